The third kappa shape index (κ3) is 3.78. The second kappa shape index (κ2) is 8.64. The molecule has 0 bridgehead atoms. The Labute approximate surface area is 201 Å². The van der Waals surface area contributed by atoms with Crippen LogP contribution in [0.2, 0.25) is 0 Å². The summed E-state index contributed by atoms with van der Waals surface area (Å²) in [5.41, 5.74) is 4.62. The van der Waals surface area contributed by atoms with E-state index in [1.165, 1.54) is 0 Å². The molecule has 3 aromatic carbocycles. The van der Waals surface area contributed by atoms with Crippen molar-refractivity contribution in [2.45, 2.75) is 0 Å². The van der Waals surface area contributed by atoms with Crippen LogP contribution in [-0.2, 0) is 14.1 Å². The van der Waals surface area contributed by atoms with E-state index in [0.29, 0.717) is 34.0 Å². The van der Waals surface area contributed by atoms with Crippen LogP contribution in [0.25, 0.3) is 33.2 Å². The molecule has 2 heterocycles. The fourth-order valence-electron chi connectivity index (χ4n) is 4.29. The molecular formula is C27H24N4O4. The number of carbonyl (C=O) groups excluding carboxylic acids is 1. The second-order valence-corrected chi connectivity index (χ2v) is 8.20. The van der Waals surface area contributed by atoms with Crippen LogP contribution >= 0.6 is 0 Å². The number of imidazole rings is 1. The van der Waals surface area contributed by atoms with Crippen LogP contribution in [0.4, 0.5) is 5.69 Å². The van der Waals surface area contributed by atoms with Gasteiger partial charge >= 0.3 is 5.69 Å². The van der Waals surface area contributed by atoms with Gasteiger partial charge in [-0.3, -0.25) is 13.9 Å². The maximum Gasteiger partial charge on any atom is 0.328 e. The van der Waals surface area contributed by atoms with Gasteiger partial charge in [0, 0.05) is 30.7 Å². The predicted molar refractivity (Wildman–Crippen MR) is 136 cm³/mol. The van der Waals surface area contributed by atoms with Crippen molar-refractivity contribution in [1.29, 1.82) is 0 Å². The number of methoxy groups -OCH3 is 2. The molecule has 176 valence electrons. The maximum atomic E-state index is 13.5. The molecule has 1 N–H and O–H groups in total. The van der Waals surface area contributed by atoms with Crippen molar-refractivity contribution in [3.8, 4) is 22.8 Å². The van der Waals surface area contributed by atoms with Gasteiger partial charge in [-0.15, -0.1) is 0 Å². The molecule has 8 nitrogen and oxygen atoms in total. The lowest BCUT2D eigenvalue weighted by Gasteiger charge is -2.13. The van der Waals surface area contributed by atoms with E-state index in [9.17, 15) is 9.59 Å². The first-order valence-electron chi connectivity index (χ1n) is 11.0. The molecule has 0 radical (unpaired) electrons. The van der Waals surface area contributed by atoms with E-state index in [1.807, 2.05) is 48.5 Å². The zero-order chi connectivity index (χ0) is 24.7. The Morgan fingerprint density at radius 3 is 2.37 bits per heavy atom. The highest BCUT2D eigenvalue weighted by atomic mass is 16.5. The summed E-state index contributed by atoms with van der Waals surface area (Å²) in [6.07, 6.45) is 0. The van der Waals surface area contributed by atoms with Gasteiger partial charge in [0.2, 0.25) is 0 Å². The smallest absolute Gasteiger partial charge is 0.328 e. The summed E-state index contributed by atoms with van der Waals surface area (Å²) in [4.78, 5) is 30.5. The van der Waals surface area contributed by atoms with E-state index in [2.05, 4.69) is 5.32 Å². The summed E-state index contributed by atoms with van der Waals surface area (Å²) in [5.74, 6) is 0.916. The van der Waals surface area contributed by atoms with E-state index in [1.54, 1.807) is 55.6 Å². The van der Waals surface area contributed by atoms with Gasteiger partial charge in [0.25, 0.3) is 5.91 Å². The van der Waals surface area contributed by atoms with E-state index in [4.69, 9.17) is 14.5 Å². The fraction of sp³-hybridized carbons (Fsp3) is 0.148. The molecule has 0 aliphatic heterocycles. The number of aromatic nitrogens is 3. The van der Waals surface area contributed by atoms with E-state index >= 15 is 0 Å². The number of carbonyl (C=O) groups is 1. The van der Waals surface area contributed by atoms with E-state index in [-0.39, 0.29) is 11.6 Å². The SMILES string of the molecule is COc1ccc(-c2cc(C(=O)Nc3ccc4c(c3)n(C)c(=O)n4C)c3ccccc3n2)cc1OC. The van der Waals surface area contributed by atoms with Crippen LogP contribution in [0.5, 0.6) is 11.5 Å². The molecule has 0 atom stereocenters. The van der Waals surface area contributed by atoms with E-state index < -0.39 is 0 Å². The van der Waals surface area contributed by atoms with Crippen molar-refractivity contribution >= 4 is 33.5 Å². The molecule has 0 saturated carbocycles. The predicted octanol–water partition coefficient (Wildman–Crippen LogP) is 4.36. The molecule has 35 heavy (non-hydrogen) atoms. The Balaban J connectivity index is 1.58. The number of pyridine rings is 1. The fourth-order valence-corrected chi connectivity index (χ4v) is 4.29. The van der Waals surface area contributed by atoms with Crippen molar-refractivity contribution in [2.75, 3.05) is 19.5 Å². The highest BCUT2D eigenvalue weighted by Gasteiger charge is 2.16. The number of nitrogens with zero attached hydrogens (tertiary/aromatic N) is 3. The van der Waals surface area contributed by atoms with Crippen molar-refractivity contribution in [3.63, 3.8) is 0 Å². The molecule has 0 unspecified atom stereocenters. The number of fused-ring (bicyclic) bond motifs is 2. The third-order valence-corrected chi connectivity index (χ3v) is 6.17. The van der Waals surface area contributed by atoms with Crippen LogP contribution in [0, 0.1) is 0 Å². The average Bonchev–Trinajstić information content (AvgIpc) is 3.10. The zero-order valence-corrected chi connectivity index (χ0v) is 19.8. The number of ether oxygens (including phenoxy) is 2. The lowest BCUT2D eigenvalue weighted by molar-refractivity contribution is 0.102. The quantitative estimate of drug-likeness (QED) is 0.414. The van der Waals surface area contributed by atoms with Gasteiger partial charge in [0.05, 0.1) is 42.0 Å². The molecule has 5 aromatic rings. The minimum atomic E-state index is -0.273. The van der Waals surface area contributed by atoms with Crippen LogP contribution < -0.4 is 20.5 Å². The molecule has 5 rings (SSSR count). The second-order valence-electron chi connectivity index (χ2n) is 8.20. The number of rotatable bonds is 5. The first-order valence-corrected chi connectivity index (χ1v) is 11.0. The Hall–Kier alpha value is -4.59. The normalized spacial score (nSPS) is 11.1. The van der Waals surface area contributed by atoms with Crippen LogP contribution in [0.15, 0.2) is 71.5 Å². The van der Waals surface area contributed by atoms with Gasteiger partial charge in [-0.2, -0.15) is 0 Å². The highest BCUT2D eigenvalue weighted by molar-refractivity contribution is 6.13. The van der Waals surface area contributed by atoms with Crippen molar-refractivity contribution < 1.29 is 14.3 Å². The number of aryl methyl sites for hydroxylation is 2. The Morgan fingerprint density at radius 1 is 0.857 bits per heavy atom. The topological polar surface area (TPSA) is 87.4 Å². The van der Waals surface area contributed by atoms with Gasteiger partial charge in [-0.05, 0) is 48.5 Å². The van der Waals surface area contributed by atoms with Gasteiger partial charge in [0.15, 0.2) is 11.5 Å². The number of benzene rings is 3. The van der Waals surface area contributed by atoms with Gasteiger partial charge in [0.1, 0.15) is 0 Å². The van der Waals surface area contributed by atoms with Crippen molar-refractivity contribution in [2.24, 2.45) is 14.1 Å². The lowest BCUT2D eigenvalue weighted by Crippen LogP contribution is -2.19. The van der Waals surface area contributed by atoms with Gasteiger partial charge < -0.3 is 14.8 Å². The maximum absolute atomic E-state index is 13.5. The van der Waals surface area contributed by atoms with Gasteiger partial charge in [-0.25, -0.2) is 9.78 Å². The van der Waals surface area contributed by atoms with E-state index in [0.717, 1.165) is 22.0 Å². The standard InChI is InChI=1S/C27H24N4O4/c1-30-22-11-10-17(14-23(22)31(2)27(30)33)28-26(32)19-15-21(29-20-8-6-5-7-18(19)20)16-9-12-24(34-3)25(13-16)35-4/h5-15H,1-4H3,(H,28,32). The Bertz CT molecular complexity index is 1670. The number of hydrogen-bond donors (Lipinski definition) is 1. The third-order valence-electron chi connectivity index (χ3n) is 6.17. The monoisotopic (exact) mass is 468 g/mol. The zero-order valence-electron chi connectivity index (χ0n) is 19.8. The lowest BCUT2D eigenvalue weighted by atomic mass is 10.0. The summed E-state index contributed by atoms with van der Waals surface area (Å²) in [7, 11) is 6.59. The van der Waals surface area contributed by atoms with Crippen molar-refractivity contribution in [3.05, 3.63) is 82.8 Å². The van der Waals surface area contributed by atoms with Crippen LogP contribution in [-0.4, -0.2) is 34.2 Å². The first-order chi connectivity index (χ1) is 16.9. The molecule has 0 fully saturated rings. The van der Waals surface area contributed by atoms with Crippen LogP contribution in [0.3, 0.4) is 0 Å². The van der Waals surface area contributed by atoms with Crippen molar-refractivity contribution in [1.82, 2.24) is 14.1 Å². The highest BCUT2D eigenvalue weighted by Crippen LogP contribution is 2.33. The molecule has 0 aliphatic rings. The summed E-state index contributed by atoms with van der Waals surface area (Å²) in [5, 5.41) is 3.72. The number of para-hydroxylation sites is 1. The molecule has 0 spiro atoms. The molecule has 8 heteroatoms. The minimum absolute atomic E-state index is 0.122. The molecule has 0 saturated heterocycles. The largest absolute Gasteiger partial charge is 0.493 e. The minimum Gasteiger partial charge on any atom is -0.493 e. The number of anilines is 1. The summed E-state index contributed by atoms with van der Waals surface area (Å²) in [6.45, 7) is 0. The summed E-state index contributed by atoms with van der Waals surface area (Å²) < 4.78 is 13.9. The summed E-state index contributed by atoms with van der Waals surface area (Å²) >= 11 is 0. The number of nitrogens with one attached hydrogen (secondary N) is 1. The Morgan fingerprint density at radius 2 is 1.60 bits per heavy atom. The first kappa shape index (κ1) is 22.2. The molecule has 2 aromatic heterocycles. The number of hydrogen-bond acceptors (Lipinski definition) is 5. The van der Waals surface area contributed by atoms with Gasteiger partial charge in [-0.1, -0.05) is 18.2 Å². The average molecular weight is 469 g/mol. The molecule has 1 amide bonds. The summed E-state index contributed by atoms with van der Waals surface area (Å²) in [6, 6.07) is 20.2. The number of amides is 1. The molecular weight excluding hydrogens is 444 g/mol. The molecule has 0 aliphatic carbocycles. The Kier molecular flexibility index (Phi) is 5.49. The van der Waals surface area contributed by atoms with Crippen LogP contribution in [0.1, 0.15) is 10.4 Å².